The maximum atomic E-state index is 12.4. The molecule has 1 fully saturated rings. The second-order valence-corrected chi connectivity index (χ2v) is 6.62. The van der Waals surface area contributed by atoms with Gasteiger partial charge in [-0.2, -0.15) is 0 Å². The van der Waals surface area contributed by atoms with Crippen LogP contribution in [0.3, 0.4) is 0 Å². The molecule has 2 aromatic rings. The van der Waals surface area contributed by atoms with Crippen LogP contribution < -0.4 is 5.32 Å². The Kier molecular flexibility index (Phi) is 5.38. The zero-order chi connectivity index (χ0) is 18.5. The lowest BCUT2D eigenvalue weighted by molar-refractivity contribution is -0.129. The lowest BCUT2D eigenvalue weighted by Gasteiger charge is -2.12. The zero-order valence-electron chi connectivity index (χ0n) is 13.7. The minimum absolute atomic E-state index is 0.0678. The highest BCUT2D eigenvalue weighted by Gasteiger charge is 2.36. The first-order valence-corrected chi connectivity index (χ1v) is 8.69. The van der Waals surface area contributed by atoms with E-state index in [4.69, 9.17) is 0 Å². The maximum Gasteiger partial charge on any atom is 0.294 e. The van der Waals surface area contributed by atoms with Gasteiger partial charge in [0, 0.05) is 6.54 Å². The first-order valence-electron chi connectivity index (χ1n) is 7.88. The largest absolute Gasteiger partial charge is 0.508 e. The summed E-state index contributed by atoms with van der Waals surface area (Å²) < 4.78 is 0. The van der Waals surface area contributed by atoms with Crippen LogP contribution in [0.5, 0.6) is 5.75 Å². The van der Waals surface area contributed by atoms with Gasteiger partial charge >= 0.3 is 0 Å². The molecule has 2 N–H and O–H groups in total. The van der Waals surface area contributed by atoms with E-state index in [1.807, 2.05) is 30.3 Å². The highest BCUT2D eigenvalue weighted by atomic mass is 32.2. The van der Waals surface area contributed by atoms with Crippen molar-refractivity contribution in [3.63, 3.8) is 0 Å². The van der Waals surface area contributed by atoms with Gasteiger partial charge in [0.1, 0.15) is 12.3 Å². The Balaban J connectivity index is 1.62. The average Bonchev–Trinajstić information content (AvgIpc) is 2.88. The van der Waals surface area contributed by atoms with Crippen molar-refractivity contribution in [1.29, 1.82) is 0 Å². The summed E-state index contributed by atoms with van der Waals surface area (Å²) in [5.74, 6) is -0.855. The molecule has 132 valence electrons. The van der Waals surface area contributed by atoms with Gasteiger partial charge in [-0.25, -0.2) is 0 Å². The van der Waals surface area contributed by atoms with Gasteiger partial charge in [-0.3, -0.25) is 19.3 Å². The van der Waals surface area contributed by atoms with E-state index in [1.165, 1.54) is 18.2 Å². The van der Waals surface area contributed by atoms with E-state index in [9.17, 15) is 19.5 Å². The van der Waals surface area contributed by atoms with Crippen molar-refractivity contribution in [1.82, 2.24) is 10.2 Å². The molecule has 2 aromatic carbocycles. The maximum absolute atomic E-state index is 12.4. The van der Waals surface area contributed by atoms with Crippen LogP contribution in [0.25, 0.3) is 6.08 Å². The molecule has 26 heavy (non-hydrogen) atoms. The Morgan fingerprint density at radius 3 is 2.62 bits per heavy atom. The Morgan fingerprint density at radius 2 is 1.88 bits per heavy atom. The van der Waals surface area contributed by atoms with E-state index in [2.05, 4.69) is 5.32 Å². The smallest absolute Gasteiger partial charge is 0.294 e. The summed E-state index contributed by atoms with van der Waals surface area (Å²) in [6.45, 7) is 0.00387. The summed E-state index contributed by atoms with van der Waals surface area (Å²) in [4.78, 5) is 37.6. The van der Waals surface area contributed by atoms with Crippen LogP contribution in [0.4, 0.5) is 4.79 Å². The van der Waals surface area contributed by atoms with Crippen molar-refractivity contribution in [2.75, 3.05) is 6.54 Å². The molecule has 0 spiro atoms. The normalized spacial score (nSPS) is 15.5. The molecule has 3 amide bonds. The van der Waals surface area contributed by atoms with Crippen LogP contribution in [-0.2, 0) is 16.1 Å². The van der Waals surface area contributed by atoms with Crippen molar-refractivity contribution in [2.45, 2.75) is 6.54 Å². The third kappa shape index (κ3) is 4.31. The fraction of sp³-hybridized carbons (Fsp3) is 0.105. The SMILES string of the molecule is O=C(CN1C(=O)S/C(=C\c2cccc(O)c2)C1=O)NCc1ccccc1. The van der Waals surface area contributed by atoms with Crippen LogP contribution in [0.2, 0.25) is 0 Å². The highest BCUT2D eigenvalue weighted by Crippen LogP contribution is 2.32. The van der Waals surface area contributed by atoms with Crippen molar-refractivity contribution in [3.05, 3.63) is 70.6 Å². The minimum Gasteiger partial charge on any atom is -0.508 e. The lowest BCUT2D eigenvalue weighted by Crippen LogP contribution is -2.39. The second-order valence-electron chi connectivity index (χ2n) is 5.63. The molecule has 0 atom stereocenters. The molecule has 1 saturated heterocycles. The second kappa shape index (κ2) is 7.88. The van der Waals surface area contributed by atoms with Gasteiger partial charge in [0.05, 0.1) is 4.91 Å². The van der Waals surface area contributed by atoms with E-state index >= 15 is 0 Å². The van der Waals surface area contributed by atoms with E-state index in [0.29, 0.717) is 12.1 Å². The molecule has 3 rings (SSSR count). The van der Waals surface area contributed by atoms with E-state index < -0.39 is 17.1 Å². The predicted molar refractivity (Wildman–Crippen MR) is 99.1 cm³/mol. The van der Waals surface area contributed by atoms with Gasteiger partial charge in [-0.05, 0) is 41.1 Å². The molecule has 0 saturated carbocycles. The Hall–Kier alpha value is -3.06. The topological polar surface area (TPSA) is 86.7 Å². The summed E-state index contributed by atoms with van der Waals surface area (Å²) in [5.41, 5.74) is 1.53. The number of carbonyl (C=O) groups is 3. The first kappa shape index (κ1) is 17.8. The van der Waals surface area contributed by atoms with E-state index in [0.717, 1.165) is 22.2 Å². The number of imide groups is 1. The van der Waals surface area contributed by atoms with Crippen molar-refractivity contribution >= 4 is 34.9 Å². The van der Waals surface area contributed by atoms with Crippen molar-refractivity contribution < 1.29 is 19.5 Å². The summed E-state index contributed by atoms with van der Waals surface area (Å²) >= 11 is 0.776. The van der Waals surface area contributed by atoms with E-state index in [-0.39, 0.29) is 17.2 Å². The third-order valence-corrected chi connectivity index (χ3v) is 4.58. The third-order valence-electron chi connectivity index (χ3n) is 3.68. The van der Waals surface area contributed by atoms with Gasteiger partial charge < -0.3 is 10.4 Å². The van der Waals surface area contributed by atoms with Crippen LogP contribution in [0.1, 0.15) is 11.1 Å². The molecule has 0 aromatic heterocycles. The van der Waals surface area contributed by atoms with Gasteiger partial charge in [0.2, 0.25) is 5.91 Å². The monoisotopic (exact) mass is 368 g/mol. The number of nitrogens with one attached hydrogen (secondary N) is 1. The van der Waals surface area contributed by atoms with Gasteiger partial charge in [-0.15, -0.1) is 0 Å². The van der Waals surface area contributed by atoms with Crippen molar-refractivity contribution in [3.8, 4) is 5.75 Å². The summed E-state index contributed by atoms with van der Waals surface area (Å²) in [5, 5.41) is 11.7. The highest BCUT2D eigenvalue weighted by molar-refractivity contribution is 8.18. The predicted octanol–water partition coefficient (Wildman–Crippen LogP) is 2.74. The summed E-state index contributed by atoms with van der Waals surface area (Å²) in [7, 11) is 0. The number of phenolic OH excluding ortho intramolecular Hbond substituents is 1. The zero-order valence-corrected chi connectivity index (χ0v) is 14.5. The summed E-state index contributed by atoms with van der Waals surface area (Å²) in [6, 6.07) is 15.7. The van der Waals surface area contributed by atoms with Crippen LogP contribution in [-0.4, -0.2) is 33.6 Å². The Bertz CT molecular complexity index is 880. The number of rotatable bonds is 5. The fourth-order valence-electron chi connectivity index (χ4n) is 2.40. The van der Waals surface area contributed by atoms with Gasteiger partial charge in [0.15, 0.2) is 0 Å². The van der Waals surface area contributed by atoms with Crippen LogP contribution >= 0.6 is 11.8 Å². The quantitative estimate of drug-likeness (QED) is 0.793. The molecule has 6 nitrogen and oxygen atoms in total. The minimum atomic E-state index is -0.516. The number of amides is 3. The number of phenols is 1. The lowest BCUT2D eigenvalue weighted by atomic mass is 10.2. The number of hydrogen-bond acceptors (Lipinski definition) is 5. The number of carbonyl (C=O) groups excluding carboxylic acids is 3. The molecule has 0 radical (unpaired) electrons. The number of benzene rings is 2. The molecular weight excluding hydrogens is 352 g/mol. The standard InChI is InChI=1S/C19H16N2O4S/c22-15-8-4-7-14(9-15)10-16-18(24)21(19(25)26-16)12-17(23)20-11-13-5-2-1-3-6-13/h1-10,22H,11-12H2,(H,20,23)/b16-10-. The number of hydrogen-bond donors (Lipinski definition) is 2. The fourth-order valence-corrected chi connectivity index (χ4v) is 3.24. The Labute approximate surface area is 154 Å². The average molecular weight is 368 g/mol. The molecule has 0 bridgehead atoms. The summed E-state index contributed by atoms with van der Waals surface area (Å²) in [6.07, 6.45) is 1.52. The molecule has 1 heterocycles. The van der Waals surface area contributed by atoms with Crippen LogP contribution in [0.15, 0.2) is 59.5 Å². The van der Waals surface area contributed by atoms with Gasteiger partial charge in [-0.1, -0.05) is 42.5 Å². The molecule has 0 unspecified atom stereocenters. The number of nitrogens with zero attached hydrogens (tertiary/aromatic N) is 1. The van der Waals surface area contributed by atoms with Crippen LogP contribution in [0, 0.1) is 0 Å². The number of aromatic hydroxyl groups is 1. The van der Waals surface area contributed by atoms with E-state index in [1.54, 1.807) is 12.1 Å². The Morgan fingerprint density at radius 1 is 1.12 bits per heavy atom. The van der Waals surface area contributed by atoms with Gasteiger partial charge in [0.25, 0.3) is 11.1 Å². The van der Waals surface area contributed by atoms with Crippen molar-refractivity contribution in [2.24, 2.45) is 0 Å². The number of thioether (sulfide) groups is 1. The molecule has 7 heteroatoms. The molecular formula is C19H16N2O4S. The molecule has 0 aliphatic carbocycles. The first-order chi connectivity index (χ1) is 12.5. The molecule has 1 aliphatic rings. The molecule has 1 aliphatic heterocycles.